The Morgan fingerprint density at radius 2 is 2.27 bits per heavy atom. The summed E-state index contributed by atoms with van der Waals surface area (Å²) >= 11 is 5.92. The van der Waals surface area contributed by atoms with Crippen LogP contribution in [0.25, 0.3) is 0 Å². The van der Waals surface area contributed by atoms with E-state index in [-0.39, 0.29) is 5.92 Å². The average molecular weight is 232 g/mol. The van der Waals surface area contributed by atoms with E-state index in [1.165, 1.54) is 10.9 Å². The third kappa shape index (κ3) is 2.16. The molecule has 2 heterocycles. The molecular formula is C10H15ClFN3. The molecule has 0 aliphatic carbocycles. The molecule has 1 aromatic heterocycles. The highest BCUT2D eigenvalue weighted by molar-refractivity contribution is 6.31. The average Bonchev–Trinajstić information content (AvgIpc) is 2.59. The number of hydrogen-bond acceptors (Lipinski definition) is 2. The lowest BCUT2D eigenvalue weighted by Gasteiger charge is -2.25. The van der Waals surface area contributed by atoms with E-state index in [0.29, 0.717) is 10.7 Å². The number of halogens is 2. The van der Waals surface area contributed by atoms with Crippen LogP contribution in [-0.2, 0) is 7.05 Å². The van der Waals surface area contributed by atoms with Crippen molar-refractivity contribution in [3.8, 4) is 0 Å². The van der Waals surface area contributed by atoms with Crippen LogP contribution in [0.1, 0.15) is 24.7 Å². The van der Waals surface area contributed by atoms with Gasteiger partial charge in [0.2, 0.25) is 0 Å². The monoisotopic (exact) mass is 231 g/mol. The van der Waals surface area contributed by atoms with Gasteiger partial charge in [0.1, 0.15) is 6.17 Å². The highest BCUT2D eigenvalue weighted by Crippen LogP contribution is 2.35. The summed E-state index contributed by atoms with van der Waals surface area (Å²) < 4.78 is 15.7. The Balaban J connectivity index is 2.15. The minimum atomic E-state index is -0.993. The topological polar surface area (TPSA) is 29.9 Å². The number of rotatable bonds is 2. The Morgan fingerprint density at radius 1 is 1.60 bits per heavy atom. The number of aromatic nitrogens is 2. The van der Waals surface area contributed by atoms with Crippen molar-refractivity contribution in [1.82, 2.24) is 15.1 Å². The van der Waals surface area contributed by atoms with Crippen LogP contribution in [0.15, 0.2) is 6.20 Å². The van der Waals surface area contributed by atoms with Crippen LogP contribution in [0.2, 0.25) is 5.02 Å². The first kappa shape index (κ1) is 10.9. The zero-order chi connectivity index (χ0) is 10.8. The van der Waals surface area contributed by atoms with Crippen LogP contribution in [0.3, 0.4) is 0 Å². The first-order valence-corrected chi connectivity index (χ1v) is 5.60. The predicted octanol–water partition coefficient (Wildman–Crippen LogP) is 2.08. The summed E-state index contributed by atoms with van der Waals surface area (Å²) in [5.41, 5.74) is 0.517. The minimum absolute atomic E-state index is 0.0687. The number of piperidine rings is 1. The fourth-order valence-corrected chi connectivity index (χ4v) is 2.36. The van der Waals surface area contributed by atoms with Gasteiger partial charge in [0.05, 0.1) is 16.9 Å². The van der Waals surface area contributed by atoms with Crippen molar-refractivity contribution in [2.24, 2.45) is 13.0 Å². The van der Waals surface area contributed by atoms with E-state index in [2.05, 4.69) is 10.4 Å². The van der Waals surface area contributed by atoms with Gasteiger partial charge in [0.15, 0.2) is 0 Å². The minimum Gasteiger partial charge on any atom is -0.317 e. The molecule has 1 aliphatic heterocycles. The molecular weight excluding hydrogens is 217 g/mol. The van der Waals surface area contributed by atoms with Crippen LogP contribution in [0.4, 0.5) is 4.39 Å². The molecule has 1 fully saturated rings. The molecule has 1 N–H and O–H groups in total. The number of nitrogens with zero attached hydrogens (tertiary/aromatic N) is 2. The number of aryl methyl sites for hydroxylation is 1. The Morgan fingerprint density at radius 3 is 2.80 bits per heavy atom. The molecule has 0 bridgehead atoms. The molecule has 0 radical (unpaired) electrons. The summed E-state index contributed by atoms with van der Waals surface area (Å²) in [4.78, 5) is 0. The lowest BCUT2D eigenvalue weighted by molar-refractivity contribution is 0.181. The second kappa shape index (κ2) is 4.49. The molecule has 0 aromatic carbocycles. The second-order valence-corrected chi connectivity index (χ2v) is 4.40. The molecule has 0 amide bonds. The second-order valence-electron chi connectivity index (χ2n) is 3.99. The van der Waals surface area contributed by atoms with Crippen molar-refractivity contribution in [2.45, 2.75) is 19.0 Å². The van der Waals surface area contributed by atoms with Crippen molar-refractivity contribution < 1.29 is 4.39 Å². The third-order valence-electron chi connectivity index (χ3n) is 3.00. The Bertz CT molecular complexity index is 314. The Labute approximate surface area is 93.6 Å². The summed E-state index contributed by atoms with van der Waals surface area (Å²) in [5, 5.41) is 7.62. The summed E-state index contributed by atoms with van der Waals surface area (Å²) in [7, 11) is 1.73. The van der Waals surface area contributed by atoms with E-state index in [1.807, 2.05) is 0 Å². The van der Waals surface area contributed by atoms with Gasteiger partial charge in [-0.1, -0.05) is 11.6 Å². The van der Waals surface area contributed by atoms with Gasteiger partial charge in [-0.15, -0.1) is 0 Å². The summed E-state index contributed by atoms with van der Waals surface area (Å²) in [6, 6.07) is 0. The zero-order valence-electron chi connectivity index (χ0n) is 8.71. The van der Waals surface area contributed by atoms with Crippen molar-refractivity contribution in [3.63, 3.8) is 0 Å². The van der Waals surface area contributed by atoms with Crippen LogP contribution in [-0.4, -0.2) is 22.9 Å². The molecule has 2 rings (SSSR count). The third-order valence-corrected chi connectivity index (χ3v) is 3.29. The van der Waals surface area contributed by atoms with E-state index in [4.69, 9.17) is 11.6 Å². The standard InChI is InChI=1S/C10H15ClFN3/c1-15-10(8(11)6-14-15)9(12)7-2-4-13-5-3-7/h6-7,9,13H,2-5H2,1H3. The maximum absolute atomic E-state index is 14.2. The summed E-state index contributed by atoms with van der Waals surface area (Å²) in [6.45, 7) is 1.78. The fourth-order valence-electron chi connectivity index (χ4n) is 2.09. The summed E-state index contributed by atoms with van der Waals surface area (Å²) in [5.74, 6) is 0.0687. The molecule has 0 spiro atoms. The summed E-state index contributed by atoms with van der Waals surface area (Å²) in [6.07, 6.45) is 2.24. The van der Waals surface area contributed by atoms with Gasteiger partial charge in [-0.25, -0.2) is 4.39 Å². The van der Waals surface area contributed by atoms with E-state index in [9.17, 15) is 4.39 Å². The maximum Gasteiger partial charge on any atom is 0.146 e. The first-order valence-electron chi connectivity index (χ1n) is 5.22. The molecule has 0 saturated carbocycles. The quantitative estimate of drug-likeness (QED) is 0.845. The van der Waals surface area contributed by atoms with Gasteiger partial charge in [-0.3, -0.25) is 4.68 Å². The number of alkyl halides is 1. The van der Waals surface area contributed by atoms with Crippen molar-refractivity contribution in [1.29, 1.82) is 0 Å². The van der Waals surface area contributed by atoms with Gasteiger partial charge in [0.25, 0.3) is 0 Å². The van der Waals surface area contributed by atoms with Crippen molar-refractivity contribution in [2.75, 3.05) is 13.1 Å². The van der Waals surface area contributed by atoms with E-state index < -0.39 is 6.17 Å². The predicted molar refractivity (Wildman–Crippen MR) is 57.7 cm³/mol. The normalized spacial score (nSPS) is 20.5. The molecule has 15 heavy (non-hydrogen) atoms. The van der Waals surface area contributed by atoms with Gasteiger partial charge >= 0.3 is 0 Å². The number of nitrogens with one attached hydrogen (secondary N) is 1. The maximum atomic E-state index is 14.2. The smallest absolute Gasteiger partial charge is 0.146 e. The molecule has 3 nitrogen and oxygen atoms in total. The van der Waals surface area contributed by atoms with Crippen LogP contribution in [0, 0.1) is 5.92 Å². The lowest BCUT2D eigenvalue weighted by atomic mass is 9.91. The molecule has 1 saturated heterocycles. The van der Waals surface area contributed by atoms with Gasteiger partial charge in [0, 0.05) is 7.05 Å². The molecule has 1 atom stereocenters. The lowest BCUT2D eigenvalue weighted by Crippen LogP contribution is -2.30. The van der Waals surface area contributed by atoms with E-state index in [0.717, 1.165) is 25.9 Å². The van der Waals surface area contributed by atoms with E-state index in [1.54, 1.807) is 7.05 Å². The van der Waals surface area contributed by atoms with Crippen molar-refractivity contribution in [3.05, 3.63) is 16.9 Å². The highest BCUT2D eigenvalue weighted by Gasteiger charge is 2.28. The zero-order valence-corrected chi connectivity index (χ0v) is 9.47. The highest BCUT2D eigenvalue weighted by atomic mass is 35.5. The fraction of sp³-hybridized carbons (Fsp3) is 0.700. The van der Waals surface area contributed by atoms with Gasteiger partial charge < -0.3 is 5.32 Å². The Hall–Kier alpha value is -0.610. The number of hydrogen-bond donors (Lipinski definition) is 1. The largest absolute Gasteiger partial charge is 0.317 e. The van der Waals surface area contributed by atoms with Crippen LogP contribution < -0.4 is 5.32 Å². The van der Waals surface area contributed by atoms with Crippen LogP contribution >= 0.6 is 11.6 Å². The molecule has 84 valence electrons. The molecule has 1 unspecified atom stereocenters. The van der Waals surface area contributed by atoms with Gasteiger partial charge in [-0.2, -0.15) is 5.10 Å². The molecule has 1 aromatic rings. The van der Waals surface area contributed by atoms with Crippen LogP contribution in [0.5, 0.6) is 0 Å². The van der Waals surface area contributed by atoms with Gasteiger partial charge in [-0.05, 0) is 31.8 Å². The van der Waals surface area contributed by atoms with Crippen molar-refractivity contribution >= 4 is 11.6 Å². The molecule has 5 heteroatoms. The molecule has 1 aliphatic rings. The van der Waals surface area contributed by atoms with E-state index >= 15 is 0 Å². The first-order chi connectivity index (χ1) is 7.20. The Kier molecular flexibility index (Phi) is 3.26. The SMILES string of the molecule is Cn1ncc(Cl)c1C(F)C1CCNCC1.